The number of carbonyl (C=O) groups excluding carboxylic acids is 3. The topological polar surface area (TPSA) is 176 Å². The molecule has 0 bridgehead atoms. The number of ether oxygens (including phenoxy) is 3. The molecule has 2 aliphatic rings. The summed E-state index contributed by atoms with van der Waals surface area (Å²) >= 11 is 1.87. The van der Waals surface area contributed by atoms with E-state index >= 15 is 0 Å². The highest BCUT2D eigenvalue weighted by atomic mass is 32.2. The quantitative estimate of drug-likeness (QED) is 0.0296. The normalized spacial score (nSPS) is 18.6. The number of halogens is 4. The number of fused-ring (bicyclic) bond motifs is 1. The number of rotatable bonds is 21. The van der Waals surface area contributed by atoms with E-state index in [2.05, 4.69) is 31.3 Å². The number of benzene rings is 1. The van der Waals surface area contributed by atoms with E-state index in [1.54, 1.807) is 0 Å². The van der Waals surface area contributed by atoms with Gasteiger partial charge in [-0.25, -0.2) is 22.4 Å². The average Bonchev–Trinajstić information content (AvgIpc) is 3.57. The Morgan fingerprint density at radius 3 is 2.09 bits per heavy atom. The van der Waals surface area contributed by atoms with E-state index in [-0.39, 0.29) is 56.8 Å². The first-order valence-corrected chi connectivity index (χ1v) is 15.7. The van der Waals surface area contributed by atoms with Gasteiger partial charge in [-0.05, 0) is 31.2 Å². The zero-order valence-electron chi connectivity index (χ0n) is 24.5. The van der Waals surface area contributed by atoms with Gasteiger partial charge in [0, 0.05) is 48.6 Å². The van der Waals surface area contributed by atoms with Crippen molar-refractivity contribution in [3.8, 4) is 0 Å². The average molecular weight is 664 g/mol. The van der Waals surface area contributed by atoms with Crippen molar-refractivity contribution in [2.45, 2.75) is 55.9 Å². The fourth-order valence-corrected chi connectivity index (χ4v) is 6.27. The van der Waals surface area contributed by atoms with Crippen LogP contribution in [0, 0.1) is 23.3 Å². The smallest absolute Gasteiger partial charge is 0.315 e. The molecule has 3 rings (SSSR count). The molecule has 2 heterocycles. The highest BCUT2D eigenvalue weighted by Gasteiger charge is 2.42. The van der Waals surface area contributed by atoms with Crippen LogP contribution in [0.5, 0.6) is 0 Å². The first-order chi connectivity index (χ1) is 21.7. The van der Waals surface area contributed by atoms with Gasteiger partial charge < -0.3 is 35.5 Å². The summed E-state index contributed by atoms with van der Waals surface area (Å²) in [5, 5.41) is 13.9. The van der Waals surface area contributed by atoms with Crippen LogP contribution in [-0.2, 0) is 19.0 Å². The van der Waals surface area contributed by atoms with Gasteiger partial charge in [-0.3, -0.25) is 9.59 Å². The van der Waals surface area contributed by atoms with Crippen molar-refractivity contribution in [2.75, 3.05) is 58.5 Å². The van der Waals surface area contributed by atoms with Crippen molar-refractivity contribution < 1.29 is 46.2 Å². The molecule has 0 unspecified atom stereocenters. The lowest BCUT2D eigenvalue weighted by Crippen LogP contribution is -2.36. The fraction of sp³-hybridized carbons (Fsp3) is 0.667. The standard InChI is InChI=1S/C27H37F4N7O6S/c28-20-19(21(29)23(31)25(22(20)30)37-38-32)26(40)34-8-4-10-43-12-14-44-13-11-42-9-3-7-33-18(39)6-2-1-5-17-24-16(15-45-17)35-27(41)36-24/h16-17,24H,1-15H2,(H,33,39)(H,34,40)(H2,35,36,41)/t16-,17+,24-/m1/s1. The first kappa shape index (κ1) is 36.2. The minimum Gasteiger partial charge on any atom is -0.379 e. The number of azide groups is 1. The molecule has 0 radical (unpaired) electrons. The number of unbranched alkanes of at least 4 members (excludes halogenated alkanes) is 1. The van der Waals surface area contributed by atoms with E-state index in [9.17, 15) is 31.9 Å². The van der Waals surface area contributed by atoms with Crippen LogP contribution in [0.2, 0.25) is 0 Å². The molecule has 4 amide bonds. The molecular weight excluding hydrogens is 626 g/mol. The van der Waals surface area contributed by atoms with Crippen LogP contribution in [0.25, 0.3) is 10.4 Å². The Labute approximate surface area is 261 Å². The van der Waals surface area contributed by atoms with Crippen LogP contribution in [0.4, 0.5) is 28.0 Å². The number of nitrogens with zero attached hydrogens (tertiary/aromatic N) is 3. The van der Waals surface area contributed by atoms with Gasteiger partial charge in [0.05, 0.1) is 38.5 Å². The number of nitrogens with one attached hydrogen (secondary N) is 4. The van der Waals surface area contributed by atoms with Gasteiger partial charge in [0.25, 0.3) is 5.91 Å². The minimum atomic E-state index is -1.97. The van der Waals surface area contributed by atoms with Crippen LogP contribution in [-0.4, -0.2) is 93.7 Å². The molecule has 18 heteroatoms. The molecule has 2 fully saturated rings. The second-order valence-corrected chi connectivity index (χ2v) is 11.5. The maximum Gasteiger partial charge on any atom is 0.315 e. The maximum atomic E-state index is 14.0. The summed E-state index contributed by atoms with van der Waals surface area (Å²) in [6, 6.07) is 0.314. The van der Waals surface area contributed by atoms with E-state index in [0.29, 0.717) is 44.5 Å². The third kappa shape index (κ3) is 11.2. The zero-order valence-corrected chi connectivity index (χ0v) is 25.4. The molecule has 2 saturated heterocycles. The Bertz CT molecular complexity index is 1200. The van der Waals surface area contributed by atoms with Gasteiger partial charge in [-0.2, -0.15) is 11.8 Å². The molecule has 13 nitrogen and oxygen atoms in total. The molecule has 0 saturated carbocycles. The van der Waals surface area contributed by atoms with E-state index < -0.39 is 40.4 Å². The molecule has 250 valence electrons. The highest BCUT2D eigenvalue weighted by Crippen LogP contribution is 2.33. The number of hydrogen-bond donors (Lipinski definition) is 4. The number of carbonyl (C=O) groups is 3. The zero-order chi connectivity index (χ0) is 32.6. The third-order valence-electron chi connectivity index (χ3n) is 6.98. The summed E-state index contributed by atoms with van der Waals surface area (Å²) in [4.78, 5) is 37.5. The van der Waals surface area contributed by atoms with Crippen molar-refractivity contribution in [2.24, 2.45) is 5.11 Å². The van der Waals surface area contributed by atoms with Crippen molar-refractivity contribution in [1.29, 1.82) is 0 Å². The first-order valence-electron chi connectivity index (χ1n) is 14.6. The van der Waals surface area contributed by atoms with E-state index in [4.69, 9.17) is 19.7 Å². The van der Waals surface area contributed by atoms with E-state index in [1.165, 1.54) is 0 Å². The van der Waals surface area contributed by atoms with Gasteiger partial charge in [0.1, 0.15) is 11.3 Å². The molecule has 45 heavy (non-hydrogen) atoms. The predicted molar refractivity (Wildman–Crippen MR) is 156 cm³/mol. The number of hydrogen-bond acceptors (Lipinski definition) is 8. The second-order valence-electron chi connectivity index (χ2n) is 10.2. The van der Waals surface area contributed by atoms with E-state index in [1.807, 2.05) is 11.8 Å². The van der Waals surface area contributed by atoms with E-state index in [0.717, 1.165) is 25.0 Å². The molecule has 3 atom stereocenters. The van der Waals surface area contributed by atoms with Crippen LogP contribution < -0.4 is 21.3 Å². The van der Waals surface area contributed by atoms with Crippen LogP contribution >= 0.6 is 11.8 Å². The molecule has 4 N–H and O–H groups in total. The lowest BCUT2D eigenvalue weighted by molar-refractivity contribution is -0.121. The summed E-state index contributed by atoms with van der Waals surface area (Å²) in [5.74, 6) is -8.29. The molecule has 0 aromatic heterocycles. The summed E-state index contributed by atoms with van der Waals surface area (Å²) in [6.45, 7) is 2.32. The summed E-state index contributed by atoms with van der Waals surface area (Å²) in [5.41, 5.74) is 5.30. The predicted octanol–water partition coefficient (Wildman–Crippen LogP) is 3.59. The minimum absolute atomic E-state index is 0.0141. The van der Waals surface area contributed by atoms with Gasteiger partial charge in [0.15, 0.2) is 23.3 Å². The largest absolute Gasteiger partial charge is 0.379 e. The SMILES string of the molecule is [N-]=[N+]=Nc1c(F)c(F)c(C(=O)NCCCOCCOCCOCCCNC(=O)CCCC[C@@H]2SC[C@H]3NC(=O)N[C@@H]23)c(F)c1F. The third-order valence-corrected chi connectivity index (χ3v) is 8.48. The second kappa shape index (κ2) is 19.3. The van der Waals surface area contributed by atoms with Crippen molar-refractivity contribution >= 4 is 35.3 Å². The Hall–Kier alpha value is -3.31. The van der Waals surface area contributed by atoms with Gasteiger partial charge >= 0.3 is 6.03 Å². The Morgan fingerprint density at radius 1 is 0.867 bits per heavy atom. The van der Waals surface area contributed by atoms with Crippen molar-refractivity contribution in [3.63, 3.8) is 0 Å². The number of amides is 4. The number of urea groups is 1. The monoisotopic (exact) mass is 663 g/mol. The molecule has 0 spiro atoms. The van der Waals surface area contributed by atoms with Crippen molar-refractivity contribution in [3.05, 3.63) is 39.3 Å². The molecular formula is C27H37F4N7O6S. The van der Waals surface area contributed by atoms with Gasteiger partial charge in [0.2, 0.25) is 5.91 Å². The lowest BCUT2D eigenvalue weighted by atomic mass is 10.0. The number of thioether (sulfide) groups is 1. The van der Waals surface area contributed by atoms with Gasteiger partial charge in [-0.15, -0.1) is 0 Å². The fourth-order valence-electron chi connectivity index (χ4n) is 4.72. The van der Waals surface area contributed by atoms with Crippen LogP contribution in [0.15, 0.2) is 5.11 Å². The summed E-state index contributed by atoms with van der Waals surface area (Å²) in [7, 11) is 0. The Balaban J connectivity index is 1.09. The highest BCUT2D eigenvalue weighted by molar-refractivity contribution is 8.00. The van der Waals surface area contributed by atoms with Crippen LogP contribution in [0.3, 0.4) is 0 Å². The Kier molecular flexibility index (Phi) is 15.5. The molecule has 1 aromatic rings. The van der Waals surface area contributed by atoms with Gasteiger partial charge in [-0.1, -0.05) is 11.5 Å². The maximum absolute atomic E-state index is 14.0. The Morgan fingerprint density at radius 2 is 1.47 bits per heavy atom. The molecule has 0 aliphatic carbocycles. The molecule has 1 aromatic carbocycles. The summed E-state index contributed by atoms with van der Waals surface area (Å²) < 4.78 is 71.8. The summed E-state index contributed by atoms with van der Waals surface area (Å²) in [6.07, 6.45) is 4.11. The lowest BCUT2D eigenvalue weighted by Gasteiger charge is -2.16. The molecule has 2 aliphatic heterocycles. The van der Waals surface area contributed by atoms with Crippen LogP contribution in [0.1, 0.15) is 48.9 Å². The van der Waals surface area contributed by atoms with Crippen molar-refractivity contribution in [1.82, 2.24) is 21.3 Å².